The maximum absolute atomic E-state index is 14.1. The van der Waals surface area contributed by atoms with Gasteiger partial charge in [0, 0.05) is 42.0 Å². The van der Waals surface area contributed by atoms with Gasteiger partial charge >= 0.3 is 6.09 Å². The van der Waals surface area contributed by atoms with Crippen LogP contribution in [0.4, 0.5) is 9.18 Å². The third kappa shape index (κ3) is 5.40. The number of rotatable bonds is 5. The number of hydrogen-bond donors (Lipinski definition) is 1. The predicted molar refractivity (Wildman–Crippen MR) is 155 cm³/mol. The monoisotopic (exact) mass is 561 g/mol. The molecule has 1 aliphatic heterocycles. The largest absolute Gasteiger partial charge is 0.444 e. The minimum Gasteiger partial charge on any atom is -0.444 e. The van der Waals surface area contributed by atoms with Gasteiger partial charge in [-0.05, 0) is 68.9 Å². The second-order valence-corrected chi connectivity index (χ2v) is 11.6. The Balaban J connectivity index is 1.57. The number of alkyl halides is 1. The molecule has 1 aliphatic rings. The first-order valence-electron chi connectivity index (χ1n) is 13.5. The summed E-state index contributed by atoms with van der Waals surface area (Å²) in [5.41, 5.74) is 1.45. The summed E-state index contributed by atoms with van der Waals surface area (Å²) in [6.45, 7) is 5.69. The molecule has 0 aliphatic carbocycles. The Kier molecular flexibility index (Phi) is 7.80. The Hall–Kier alpha value is -3.55. The lowest BCUT2D eigenvalue weighted by atomic mass is 9.72. The highest BCUT2D eigenvalue weighted by Gasteiger charge is 2.43. The Bertz CT molecular complexity index is 1500. The van der Waals surface area contributed by atoms with Crippen molar-refractivity contribution < 1.29 is 19.0 Å². The first-order chi connectivity index (χ1) is 19.1. The van der Waals surface area contributed by atoms with E-state index in [1.807, 2.05) is 69.3 Å². The van der Waals surface area contributed by atoms with Gasteiger partial charge in [0.2, 0.25) is 0 Å². The molecule has 2 aromatic heterocycles. The van der Waals surface area contributed by atoms with Crippen molar-refractivity contribution in [2.24, 2.45) is 5.92 Å². The van der Waals surface area contributed by atoms with Crippen molar-refractivity contribution in [3.63, 3.8) is 0 Å². The molecule has 2 aromatic carbocycles. The predicted octanol–water partition coefficient (Wildman–Crippen LogP) is 7.30. The number of aromatic nitrogens is 2. The number of pyridine rings is 2. The van der Waals surface area contributed by atoms with Gasteiger partial charge in [-0.15, -0.1) is 0 Å². The lowest BCUT2D eigenvalue weighted by Gasteiger charge is -2.42. The highest BCUT2D eigenvalue weighted by atomic mass is 35.5. The minimum absolute atomic E-state index is 0.210. The van der Waals surface area contributed by atoms with Crippen LogP contribution < -0.4 is 0 Å². The second kappa shape index (κ2) is 11.1. The van der Waals surface area contributed by atoms with E-state index in [9.17, 15) is 14.3 Å². The van der Waals surface area contributed by atoms with Gasteiger partial charge in [0.1, 0.15) is 17.9 Å². The zero-order chi connectivity index (χ0) is 28.5. The third-order valence-corrected chi connectivity index (χ3v) is 7.86. The van der Waals surface area contributed by atoms with Crippen molar-refractivity contribution in [1.82, 2.24) is 14.9 Å². The molecule has 1 fully saturated rings. The van der Waals surface area contributed by atoms with E-state index in [1.165, 1.54) is 0 Å². The van der Waals surface area contributed by atoms with E-state index < -0.39 is 17.9 Å². The van der Waals surface area contributed by atoms with Crippen LogP contribution in [0.1, 0.15) is 50.4 Å². The molecule has 0 saturated carbocycles. The first-order valence-corrected chi connectivity index (χ1v) is 13.8. The number of benzene rings is 2. The van der Waals surface area contributed by atoms with Crippen LogP contribution in [0.5, 0.6) is 0 Å². The smallest absolute Gasteiger partial charge is 0.410 e. The number of carbonyl (C=O) groups is 1. The Labute approximate surface area is 238 Å². The maximum Gasteiger partial charge on any atom is 0.410 e. The highest BCUT2D eigenvalue weighted by molar-refractivity contribution is 6.38. The number of piperidine rings is 1. The number of aliphatic hydroxyl groups is 1. The zero-order valence-electron chi connectivity index (χ0n) is 22.9. The second-order valence-electron chi connectivity index (χ2n) is 11.2. The lowest BCUT2D eigenvalue weighted by molar-refractivity contribution is -0.0239. The summed E-state index contributed by atoms with van der Waals surface area (Å²) in [5, 5.41) is 13.5. The molecule has 0 bridgehead atoms. The molecule has 1 saturated heterocycles. The van der Waals surface area contributed by atoms with Crippen molar-refractivity contribution in [2.75, 3.05) is 13.1 Å². The third-order valence-electron chi connectivity index (χ3n) is 7.46. The topological polar surface area (TPSA) is 75.5 Å². The average Bonchev–Trinajstić information content (AvgIpc) is 2.96. The average molecular weight is 562 g/mol. The summed E-state index contributed by atoms with van der Waals surface area (Å²) < 4.78 is 19.6. The van der Waals surface area contributed by atoms with Crippen molar-refractivity contribution in [2.45, 2.75) is 51.5 Å². The minimum atomic E-state index is -1.41. The van der Waals surface area contributed by atoms with E-state index in [2.05, 4.69) is 9.97 Å². The molecule has 40 heavy (non-hydrogen) atoms. The van der Waals surface area contributed by atoms with Crippen LogP contribution in [0.2, 0.25) is 5.02 Å². The van der Waals surface area contributed by atoms with Gasteiger partial charge in [0.05, 0.1) is 16.2 Å². The maximum atomic E-state index is 14.1. The fourth-order valence-electron chi connectivity index (χ4n) is 5.54. The Morgan fingerprint density at radius 1 is 1.07 bits per heavy atom. The number of halogens is 2. The molecule has 1 amide bonds. The molecule has 3 heterocycles. The van der Waals surface area contributed by atoms with Gasteiger partial charge in [-0.2, -0.15) is 0 Å². The number of amides is 1. The fraction of sp³-hybridized carbons (Fsp3) is 0.344. The van der Waals surface area contributed by atoms with Gasteiger partial charge in [0.25, 0.3) is 0 Å². The summed E-state index contributed by atoms with van der Waals surface area (Å²) in [7, 11) is 0. The number of fused-ring (bicyclic) bond motifs is 1. The number of likely N-dealkylation sites (tertiary alicyclic amines) is 1. The summed E-state index contributed by atoms with van der Waals surface area (Å²) in [5.74, 6) is -0.210. The molecule has 6 nitrogen and oxygen atoms in total. The Morgan fingerprint density at radius 3 is 2.42 bits per heavy atom. The van der Waals surface area contributed by atoms with Gasteiger partial charge < -0.3 is 14.7 Å². The van der Waals surface area contributed by atoms with Gasteiger partial charge in [-0.25, -0.2) is 14.2 Å². The van der Waals surface area contributed by atoms with E-state index in [-0.39, 0.29) is 17.7 Å². The molecule has 1 N–H and O–H groups in total. The van der Waals surface area contributed by atoms with E-state index in [0.717, 1.165) is 5.56 Å². The van der Waals surface area contributed by atoms with Crippen molar-refractivity contribution in [3.05, 3.63) is 94.9 Å². The van der Waals surface area contributed by atoms with E-state index in [0.29, 0.717) is 58.5 Å². The normalized spacial score (nSPS) is 16.1. The van der Waals surface area contributed by atoms with Gasteiger partial charge in [-0.1, -0.05) is 54.1 Å². The molecule has 0 radical (unpaired) electrons. The van der Waals surface area contributed by atoms with Crippen LogP contribution >= 0.6 is 11.6 Å². The van der Waals surface area contributed by atoms with Crippen LogP contribution in [-0.2, 0) is 17.0 Å². The van der Waals surface area contributed by atoms with E-state index in [1.54, 1.807) is 29.4 Å². The quantitative estimate of drug-likeness (QED) is 0.277. The number of nitrogens with zero attached hydrogens (tertiary/aromatic N) is 3. The number of hydrogen-bond acceptors (Lipinski definition) is 5. The summed E-state index contributed by atoms with van der Waals surface area (Å²) in [4.78, 5) is 23.2. The summed E-state index contributed by atoms with van der Waals surface area (Å²) in [6, 6.07) is 18.5. The summed E-state index contributed by atoms with van der Waals surface area (Å²) in [6.07, 6.45) is 4.11. The molecule has 5 rings (SSSR count). The molecule has 1 unspecified atom stereocenters. The molecule has 1 atom stereocenters. The number of carbonyl (C=O) groups excluding carboxylic acids is 1. The van der Waals surface area contributed by atoms with E-state index in [4.69, 9.17) is 16.3 Å². The van der Waals surface area contributed by atoms with Crippen LogP contribution in [0.15, 0.2) is 73.1 Å². The lowest BCUT2D eigenvalue weighted by Crippen LogP contribution is -2.47. The molecule has 4 aromatic rings. The first kappa shape index (κ1) is 28.0. The van der Waals surface area contributed by atoms with Gasteiger partial charge in [-0.3, -0.25) is 4.98 Å². The molecular formula is C32H33ClFN3O3. The standard InChI is InChI=1S/C32H33ClFN3O3/c1-31(2,3)40-30(38)37-16-13-22(14-17-37)32(39,24-10-7-15-35-20-24)23-11-12-26-25(18-23)29(33)28(27(19-34)36-26)21-8-5-4-6-9-21/h4-12,15,18,20,22,39H,13-14,16-17,19H2,1-3H3. The summed E-state index contributed by atoms with van der Waals surface area (Å²) >= 11 is 6.96. The Morgan fingerprint density at radius 2 is 1.80 bits per heavy atom. The van der Waals surface area contributed by atoms with E-state index >= 15 is 0 Å². The molecular weight excluding hydrogens is 529 g/mol. The zero-order valence-corrected chi connectivity index (χ0v) is 23.7. The fourth-order valence-corrected chi connectivity index (χ4v) is 5.91. The molecule has 208 valence electrons. The molecule has 0 spiro atoms. The van der Waals surface area contributed by atoms with Crippen LogP contribution in [0.3, 0.4) is 0 Å². The van der Waals surface area contributed by atoms with Crippen molar-refractivity contribution in [3.8, 4) is 11.1 Å². The highest BCUT2D eigenvalue weighted by Crippen LogP contribution is 2.44. The van der Waals surface area contributed by atoms with Gasteiger partial charge in [0.15, 0.2) is 0 Å². The van der Waals surface area contributed by atoms with Crippen molar-refractivity contribution in [1.29, 1.82) is 0 Å². The SMILES string of the molecule is CC(C)(C)OC(=O)N1CCC(C(O)(c2cccnc2)c2ccc3nc(CF)c(-c4ccccc4)c(Cl)c3c2)CC1. The van der Waals surface area contributed by atoms with Crippen LogP contribution in [0.25, 0.3) is 22.0 Å². The van der Waals surface area contributed by atoms with Crippen molar-refractivity contribution >= 4 is 28.6 Å². The number of ether oxygens (including phenoxy) is 1. The van der Waals surface area contributed by atoms with Crippen LogP contribution in [-0.4, -0.2) is 44.8 Å². The van der Waals surface area contributed by atoms with Crippen LogP contribution in [0, 0.1) is 5.92 Å². The molecule has 8 heteroatoms.